The Balaban J connectivity index is 1.52. The number of benzene rings is 2. The van der Waals surface area contributed by atoms with Gasteiger partial charge in [-0.1, -0.05) is 55.8 Å². The normalized spacial score (nSPS) is 14.4. The van der Waals surface area contributed by atoms with Gasteiger partial charge < -0.3 is 9.80 Å². The van der Waals surface area contributed by atoms with Crippen LogP contribution in [0.15, 0.2) is 60.8 Å². The Morgan fingerprint density at radius 2 is 1.71 bits per heavy atom. The van der Waals surface area contributed by atoms with E-state index in [4.69, 9.17) is 16.7 Å². The van der Waals surface area contributed by atoms with Gasteiger partial charge in [-0.05, 0) is 37.1 Å². The second-order valence-electron chi connectivity index (χ2n) is 9.24. The third-order valence-electron chi connectivity index (χ3n) is 6.36. The Morgan fingerprint density at radius 3 is 2.32 bits per heavy atom. The highest BCUT2D eigenvalue weighted by Crippen LogP contribution is 2.27. The lowest BCUT2D eigenvalue weighted by molar-refractivity contribution is -0.141. The SMILES string of the molecule is CC(C)C(=O)N1CCC(C(=O)N(C)Cc2cn(-c3ccccc3)nc2-c2ccc(Cl)cc2)CC1. The molecule has 0 N–H and O–H groups in total. The molecular weight excluding hydrogens is 448 g/mol. The van der Waals surface area contributed by atoms with Gasteiger partial charge in [0.05, 0.1) is 11.4 Å². The van der Waals surface area contributed by atoms with Gasteiger partial charge in [-0.3, -0.25) is 9.59 Å². The highest BCUT2D eigenvalue weighted by atomic mass is 35.5. The number of hydrogen-bond acceptors (Lipinski definition) is 3. The molecule has 6 nitrogen and oxygen atoms in total. The summed E-state index contributed by atoms with van der Waals surface area (Å²) in [4.78, 5) is 29.2. The first-order chi connectivity index (χ1) is 16.3. The molecule has 0 atom stereocenters. The van der Waals surface area contributed by atoms with Gasteiger partial charge in [-0.2, -0.15) is 5.10 Å². The van der Waals surface area contributed by atoms with E-state index < -0.39 is 0 Å². The summed E-state index contributed by atoms with van der Waals surface area (Å²) in [6.45, 7) is 5.57. The van der Waals surface area contributed by atoms with E-state index in [1.807, 2.05) is 91.3 Å². The summed E-state index contributed by atoms with van der Waals surface area (Å²) < 4.78 is 1.85. The number of hydrogen-bond donors (Lipinski definition) is 0. The number of piperidine rings is 1. The molecule has 2 amide bonds. The molecule has 0 unspecified atom stereocenters. The van der Waals surface area contributed by atoms with Crippen molar-refractivity contribution in [2.75, 3.05) is 20.1 Å². The van der Waals surface area contributed by atoms with Crippen LogP contribution in [-0.2, 0) is 16.1 Å². The quantitative estimate of drug-likeness (QED) is 0.498. The summed E-state index contributed by atoms with van der Waals surface area (Å²) in [5, 5.41) is 5.51. The summed E-state index contributed by atoms with van der Waals surface area (Å²) in [6.07, 6.45) is 3.40. The largest absolute Gasteiger partial charge is 0.342 e. The lowest BCUT2D eigenvalue weighted by atomic mass is 9.94. The van der Waals surface area contributed by atoms with E-state index >= 15 is 0 Å². The zero-order chi connectivity index (χ0) is 24.2. The second kappa shape index (κ2) is 10.4. The van der Waals surface area contributed by atoms with Crippen LogP contribution in [0.1, 0.15) is 32.3 Å². The highest BCUT2D eigenvalue weighted by molar-refractivity contribution is 6.30. The number of carbonyl (C=O) groups excluding carboxylic acids is 2. The van der Waals surface area contributed by atoms with E-state index in [-0.39, 0.29) is 23.7 Å². The number of halogens is 1. The van der Waals surface area contributed by atoms with Gasteiger partial charge in [-0.15, -0.1) is 0 Å². The van der Waals surface area contributed by atoms with E-state index in [2.05, 4.69) is 0 Å². The summed E-state index contributed by atoms with van der Waals surface area (Å²) in [5.74, 6) is 0.207. The lowest BCUT2D eigenvalue weighted by Crippen LogP contribution is -2.44. The topological polar surface area (TPSA) is 58.4 Å². The molecule has 1 aromatic heterocycles. The Labute approximate surface area is 206 Å². The van der Waals surface area contributed by atoms with Crippen LogP contribution in [0.2, 0.25) is 5.02 Å². The van der Waals surface area contributed by atoms with E-state index in [1.165, 1.54) is 0 Å². The summed E-state index contributed by atoms with van der Waals surface area (Å²) in [5.41, 5.74) is 3.71. The van der Waals surface area contributed by atoms with Crippen LogP contribution in [0, 0.1) is 11.8 Å². The van der Waals surface area contributed by atoms with Crippen molar-refractivity contribution in [3.63, 3.8) is 0 Å². The minimum absolute atomic E-state index is 0.0117. The predicted octanol–water partition coefficient (Wildman–Crippen LogP) is 5.05. The van der Waals surface area contributed by atoms with Crippen molar-refractivity contribution in [1.29, 1.82) is 0 Å². The number of amides is 2. The number of rotatable bonds is 6. The van der Waals surface area contributed by atoms with Gasteiger partial charge in [0.15, 0.2) is 0 Å². The zero-order valence-electron chi connectivity index (χ0n) is 19.9. The van der Waals surface area contributed by atoms with E-state index in [0.29, 0.717) is 37.5 Å². The van der Waals surface area contributed by atoms with Gasteiger partial charge in [-0.25, -0.2) is 4.68 Å². The molecule has 3 aromatic rings. The first-order valence-corrected chi connectivity index (χ1v) is 12.1. The molecule has 2 heterocycles. The molecule has 7 heteroatoms. The molecule has 0 saturated carbocycles. The molecule has 2 aromatic carbocycles. The second-order valence-corrected chi connectivity index (χ2v) is 9.67. The first-order valence-electron chi connectivity index (χ1n) is 11.8. The van der Waals surface area contributed by atoms with Gasteiger partial charge in [0.25, 0.3) is 0 Å². The van der Waals surface area contributed by atoms with Crippen molar-refractivity contribution in [3.8, 4) is 16.9 Å². The summed E-state index contributed by atoms with van der Waals surface area (Å²) in [6, 6.07) is 17.5. The van der Waals surface area contributed by atoms with Crippen LogP contribution in [0.5, 0.6) is 0 Å². The monoisotopic (exact) mass is 478 g/mol. The Kier molecular flexibility index (Phi) is 7.37. The van der Waals surface area contributed by atoms with Crippen LogP contribution in [0.25, 0.3) is 16.9 Å². The maximum atomic E-state index is 13.3. The molecule has 0 bridgehead atoms. The van der Waals surface area contributed by atoms with Crippen LogP contribution >= 0.6 is 11.6 Å². The molecule has 0 radical (unpaired) electrons. The summed E-state index contributed by atoms with van der Waals surface area (Å²) >= 11 is 6.10. The van der Waals surface area contributed by atoms with Gasteiger partial charge in [0.2, 0.25) is 11.8 Å². The number of aromatic nitrogens is 2. The molecule has 0 spiro atoms. The van der Waals surface area contributed by atoms with Crippen molar-refractivity contribution in [3.05, 3.63) is 71.4 Å². The van der Waals surface area contributed by atoms with Crippen LogP contribution in [-0.4, -0.2) is 51.5 Å². The number of carbonyl (C=O) groups is 2. The van der Waals surface area contributed by atoms with Crippen LogP contribution < -0.4 is 0 Å². The maximum absolute atomic E-state index is 13.3. The van der Waals surface area contributed by atoms with Gasteiger partial charge in [0, 0.05) is 60.9 Å². The molecule has 1 aliphatic heterocycles. The molecule has 4 rings (SSSR count). The average molecular weight is 479 g/mol. The Hall–Kier alpha value is -3.12. The maximum Gasteiger partial charge on any atom is 0.225 e. The minimum Gasteiger partial charge on any atom is -0.342 e. The van der Waals surface area contributed by atoms with E-state index in [9.17, 15) is 9.59 Å². The van der Waals surface area contributed by atoms with Crippen molar-refractivity contribution in [2.24, 2.45) is 11.8 Å². The number of nitrogens with zero attached hydrogens (tertiary/aromatic N) is 4. The van der Waals surface area contributed by atoms with E-state index in [1.54, 1.807) is 4.90 Å². The van der Waals surface area contributed by atoms with E-state index in [0.717, 1.165) is 22.5 Å². The van der Waals surface area contributed by atoms with Crippen LogP contribution in [0.4, 0.5) is 0 Å². The van der Waals surface area contributed by atoms with Crippen molar-refractivity contribution >= 4 is 23.4 Å². The fourth-order valence-corrected chi connectivity index (χ4v) is 4.57. The van der Waals surface area contributed by atoms with Gasteiger partial charge >= 0.3 is 0 Å². The Morgan fingerprint density at radius 1 is 1.06 bits per heavy atom. The number of para-hydroxylation sites is 1. The smallest absolute Gasteiger partial charge is 0.225 e. The zero-order valence-corrected chi connectivity index (χ0v) is 20.7. The lowest BCUT2D eigenvalue weighted by Gasteiger charge is -2.34. The molecule has 1 saturated heterocycles. The van der Waals surface area contributed by atoms with Crippen molar-refractivity contribution < 1.29 is 9.59 Å². The molecule has 1 fully saturated rings. The fraction of sp³-hybridized carbons (Fsp3) is 0.370. The minimum atomic E-state index is -0.0654. The highest BCUT2D eigenvalue weighted by Gasteiger charge is 2.30. The third kappa shape index (κ3) is 5.33. The fourth-order valence-electron chi connectivity index (χ4n) is 4.45. The summed E-state index contributed by atoms with van der Waals surface area (Å²) in [7, 11) is 1.85. The van der Waals surface area contributed by atoms with Crippen molar-refractivity contribution in [1.82, 2.24) is 19.6 Å². The standard InChI is InChI=1S/C27H31ClN4O2/c1-19(2)26(33)31-15-13-21(14-16-31)27(34)30(3)17-22-18-32(24-7-5-4-6-8-24)29-25(22)20-9-11-23(28)12-10-20/h4-12,18-19,21H,13-17H2,1-3H3. The molecular formula is C27H31ClN4O2. The average Bonchev–Trinajstić information content (AvgIpc) is 3.27. The third-order valence-corrected chi connectivity index (χ3v) is 6.61. The van der Waals surface area contributed by atoms with Crippen molar-refractivity contribution in [2.45, 2.75) is 33.2 Å². The molecule has 178 valence electrons. The predicted molar refractivity (Wildman–Crippen MR) is 135 cm³/mol. The first kappa shape index (κ1) is 24.0. The Bertz CT molecular complexity index is 1130. The molecule has 0 aliphatic carbocycles. The molecule has 34 heavy (non-hydrogen) atoms. The van der Waals surface area contributed by atoms with Crippen LogP contribution in [0.3, 0.4) is 0 Å². The number of likely N-dealkylation sites (tertiary alicyclic amines) is 1. The van der Waals surface area contributed by atoms with Gasteiger partial charge in [0.1, 0.15) is 0 Å². The molecule has 1 aliphatic rings.